The van der Waals surface area contributed by atoms with Crippen LogP contribution in [-0.4, -0.2) is 50.9 Å². The van der Waals surface area contributed by atoms with Gasteiger partial charge in [0.1, 0.15) is 0 Å². The minimum atomic E-state index is 0.0472. The lowest BCUT2D eigenvalue weighted by Gasteiger charge is -2.03. The third-order valence-corrected chi connectivity index (χ3v) is 2.83. The van der Waals surface area contributed by atoms with Gasteiger partial charge in [0, 0.05) is 12.4 Å². The summed E-state index contributed by atoms with van der Waals surface area (Å²) in [6.45, 7) is 4.15. The number of nitrogens with zero attached hydrogens (tertiary/aromatic N) is 4. The van der Waals surface area contributed by atoms with E-state index in [0.29, 0.717) is 13.2 Å². The molecule has 1 N–H and O–H groups in total. The van der Waals surface area contributed by atoms with Crippen LogP contribution in [0.4, 0.5) is 0 Å². The molecule has 92 valence electrons. The van der Waals surface area contributed by atoms with Gasteiger partial charge in [0.2, 0.25) is 5.16 Å². The second-order valence-corrected chi connectivity index (χ2v) is 4.28. The summed E-state index contributed by atoms with van der Waals surface area (Å²) in [7, 11) is 0. The molecular weight excluding hydrogens is 228 g/mol. The maximum Gasteiger partial charge on any atom is 0.209 e. The monoisotopic (exact) mass is 246 g/mol. The number of hydrogen-bond donors (Lipinski definition) is 1. The van der Waals surface area contributed by atoms with Crippen molar-refractivity contribution in [2.24, 2.45) is 0 Å². The normalized spacial score (nSPS) is 10.9. The number of aliphatic hydroxyl groups excluding tert-OH is 1. The number of tetrazole rings is 1. The van der Waals surface area contributed by atoms with E-state index in [4.69, 9.17) is 9.84 Å². The molecule has 0 saturated carbocycles. The van der Waals surface area contributed by atoms with E-state index in [-0.39, 0.29) is 6.61 Å². The Bertz CT molecular complexity index is 282. The molecule has 1 aromatic heterocycles. The fraction of sp³-hybridized carbons (Fsp3) is 0.889. The van der Waals surface area contributed by atoms with Crippen LogP contribution in [0.15, 0.2) is 5.16 Å². The second kappa shape index (κ2) is 8.49. The summed E-state index contributed by atoms with van der Waals surface area (Å²) in [5.74, 6) is 0.829. The Kier molecular flexibility index (Phi) is 7.11. The maximum atomic E-state index is 8.78. The molecule has 6 nitrogen and oxygen atoms in total. The van der Waals surface area contributed by atoms with Gasteiger partial charge in [-0.3, -0.25) is 0 Å². The van der Waals surface area contributed by atoms with Gasteiger partial charge in [-0.05, 0) is 16.8 Å². The highest BCUT2D eigenvalue weighted by Gasteiger charge is 2.05. The molecule has 1 heterocycles. The molecule has 1 rings (SSSR count). The van der Waals surface area contributed by atoms with Crippen LogP contribution in [0.5, 0.6) is 0 Å². The first-order chi connectivity index (χ1) is 7.88. The Morgan fingerprint density at radius 3 is 3.06 bits per heavy atom. The van der Waals surface area contributed by atoms with E-state index in [0.717, 1.165) is 30.4 Å². The lowest BCUT2D eigenvalue weighted by atomic mass is 10.4. The number of thioether (sulfide) groups is 1. The maximum absolute atomic E-state index is 8.78. The number of ether oxygens (including phenoxy) is 1. The van der Waals surface area contributed by atoms with Crippen molar-refractivity contribution in [1.29, 1.82) is 0 Å². The first-order valence-corrected chi connectivity index (χ1v) is 6.44. The van der Waals surface area contributed by atoms with Crippen LogP contribution in [-0.2, 0) is 11.3 Å². The van der Waals surface area contributed by atoms with Crippen molar-refractivity contribution < 1.29 is 9.84 Å². The summed E-state index contributed by atoms with van der Waals surface area (Å²) >= 11 is 1.54. The Hall–Kier alpha value is -0.660. The summed E-state index contributed by atoms with van der Waals surface area (Å²) in [5.41, 5.74) is 0. The van der Waals surface area contributed by atoms with Gasteiger partial charge < -0.3 is 9.84 Å². The molecule has 0 radical (unpaired) electrons. The highest BCUT2D eigenvalue weighted by molar-refractivity contribution is 7.99. The Morgan fingerprint density at radius 2 is 2.31 bits per heavy atom. The summed E-state index contributed by atoms with van der Waals surface area (Å²) in [6, 6.07) is 0. The third kappa shape index (κ3) is 4.91. The third-order valence-electron chi connectivity index (χ3n) is 1.91. The lowest BCUT2D eigenvalue weighted by molar-refractivity contribution is 0.147. The molecule has 0 unspecified atom stereocenters. The molecule has 16 heavy (non-hydrogen) atoms. The summed E-state index contributed by atoms with van der Waals surface area (Å²) in [5, 5.41) is 20.7. The van der Waals surface area contributed by atoms with E-state index in [2.05, 4.69) is 22.4 Å². The molecule has 0 aliphatic carbocycles. The quantitative estimate of drug-likeness (QED) is 0.507. The van der Waals surface area contributed by atoms with E-state index in [1.807, 2.05) is 0 Å². The van der Waals surface area contributed by atoms with E-state index in [1.54, 1.807) is 16.4 Å². The van der Waals surface area contributed by atoms with Crippen LogP contribution < -0.4 is 0 Å². The largest absolute Gasteiger partial charge is 0.394 e. The number of aromatic nitrogens is 4. The van der Waals surface area contributed by atoms with Crippen molar-refractivity contribution in [3.63, 3.8) is 0 Å². The molecule has 0 atom stereocenters. The van der Waals surface area contributed by atoms with Gasteiger partial charge in [-0.15, -0.1) is 5.10 Å². The minimum absolute atomic E-state index is 0.0472. The van der Waals surface area contributed by atoms with Crippen molar-refractivity contribution >= 4 is 11.8 Å². The van der Waals surface area contributed by atoms with E-state index < -0.39 is 0 Å². The average Bonchev–Trinajstić information content (AvgIpc) is 2.72. The number of aliphatic hydroxyl groups is 1. The van der Waals surface area contributed by atoms with Crippen LogP contribution in [0.1, 0.15) is 19.8 Å². The molecule has 0 fully saturated rings. The van der Waals surface area contributed by atoms with Crippen molar-refractivity contribution in [3.05, 3.63) is 0 Å². The van der Waals surface area contributed by atoms with Crippen molar-refractivity contribution in [3.8, 4) is 0 Å². The average molecular weight is 246 g/mol. The highest BCUT2D eigenvalue weighted by atomic mass is 32.2. The van der Waals surface area contributed by atoms with Gasteiger partial charge in [0.05, 0.1) is 19.8 Å². The highest BCUT2D eigenvalue weighted by Crippen LogP contribution is 2.12. The predicted molar refractivity (Wildman–Crippen MR) is 61.4 cm³/mol. The van der Waals surface area contributed by atoms with Gasteiger partial charge in [-0.1, -0.05) is 25.1 Å². The van der Waals surface area contributed by atoms with Crippen LogP contribution >= 0.6 is 11.8 Å². The molecule has 0 bridgehead atoms. The second-order valence-electron chi connectivity index (χ2n) is 3.22. The van der Waals surface area contributed by atoms with E-state index in [9.17, 15) is 0 Å². The summed E-state index contributed by atoms with van der Waals surface area (Å²) < 4.78 is 7.02. The smallest absolute Gasteiger partial charge is 0.209 e. The topological polar surface area (TPSA) is 73.1 Å². The van der Waals surface area contributed by atoms with Gasteiger partial charge in [-0.25, -0.2) is 4.68 Å². The zero-order valence-electron chi connectivity index (χ0n) is 9.50. The van der Waals surface area contributed by atoms with Crippen LogP contribution in [0.2, 0.25) is 0 Å². The molecule has 0 aliphatic heterocycles. The molecule has 0 spiro atoms. The Morgan fingerprint density at radius 1 is 1.44 bits per heavy atom. The van der Waals surface area contributed by atoms with Crippen molar-refractivity contribution in [1.82, 2.24) is 20.2 Å². The van der Waals surface area contributed by atoms with Crippen molar-refractivity contribution in [2.45, 2.75) is 31.5 Å². The standard InChI is InChI=1S/C9H18N4O2S/c1-2-3-6-15-7-8-16-9-10-11-12-13(9)4-5-14/h14H,2-8H2,1H3. The first-order valence-electron chi connectivity index (χ1n) is 5.46. The first kappa shape index (κ1) is 13.4. The molecule has 0 aliphatic rings. The zero-order chi connectivity index (χ0) is 11.6. The summed E-state index contributed by atoms with van der Waals surface area (Å²) in [4.78, 5) is 0. The molecule has 0 amide bonds. The molecular formula is C9H18N4O2S. The van der Waals surface area contributed by atoms with E-state index >= 15 is 0 Å². The SMILES string of the molecule is CCCCOCCSc1nnnn1CCO. The fourth-order valence-electron chi connectivity index (χ4n) is 1.08. The van der Waals surface area contributed by atoms with Gasteiger partial charge in [-0.2, -0.15) is 0 Å². The number of unbranched alkanes of at least 4 members (excludes halogenated alkanes) is 1. The summed E-state index contributed by atoms with van der Waals surface area (Å²) in [6.07, 6.45) is 2.26. The number of rotatable bonds is 9. The van der Waals surface area contributed by atoms with Crippen molar-refractivity contribution in [2.75, 3.05) is 25.6 Å². The van der Waals surface area contributed by atoms with Gasteiger partial charge in [0.25, 0.3) is 0 Å². The van der Waals surface area contributed by atoms with Gasteiger partial charge in [0.15, 0.2) is 0 Å². The van der Waals surface area contributed by atoms with Crippen LogP contribution in [0.25, 0.3) is 0 Å². The zero-order valence-corrected chi connectivity index (χ0v) is 10.3. The molecule has 1 aromatic rings. The lowest BCUT2D eigenvalue weighted by Crippen LogP contribution is -2.06. The Labute approximate surface area is 99.4 Å². The van der Waals surface area contributed by atoms with E-state index in [1.165, 1.54) is 0 Å². The number of hydrogen-bond acceptors (Lipinski definition) is 6. The Balaban J connectivity index is 2.13. The molecule has 0 aromatic carbocycles. The van der Waals surface area contributed by atoms with Crippen LogP contribution in [0.3, 0.4) is 0 Å². The van der Waals surface area contributed by atoms with Crippen LogP contribution in [0, 0.1) is 0 Å². The minimum Gasteiger partial charge on any atom is -0.394 e. The predicted octanol–water partition coefficient (Wildman–Crippen LogP) is 0.574. The fourth-order valence-corrected chi connectivity index (χ4v) is 1.83. The van der Waals surface area contributed by atoms with Gasteiger partial charge >= 0.3 is 0 Å². The molecule has 0 saturated heterocycles. The molecule has 7 heteroatoms.